The molecule has 0 bridgehead atoms. The van der Waals surface area contributed by atoms with Gasteiger partial charge in [0.15, 0.2) is 0 Å². The number of pyridine rings is 2. The number of hydrogen-bond donors (Lipinski definition) is 6. The zero-order chi connectivity index (χ0) is 19.4. The van der Waals surface area contributed by atoms with Gasteiger partial charge in [-0.3, -0.25) is 10.6 Å². The molecule has 0 aliphatic heterocycles. The molecule has 0 spiro atoms. The third kappa shape index (κ3) is 8.57. The highest BCUT2D eigenvalue weighted by molar-refractivity contribution is 5.81. The van der Waals surface area contributed by atoms with Crippen molar-refractivity contribution in [3.63, 3.8) is 0 Å². The minimum Gasteiger partial charge on any atom is -0.465 e. The van der Waals surface area contributed by atoms with Gasteiger partial charge in [-0.05, 0) is 24.3 Å². The molecule has 0 aromatic carbocycles. The first kappa shape index (κ1) is 20.8. The fourth-order valence-electron chi connectivity index (χ4n) is 1.83. The van der Waals surface area contributed by atoms with Gasteiger partial charge in [0.05, 0.1) is 0 Å². The molecule has 6 N–H and O–H groups in total. The standard InChI is InChI=1S/2C8H10N2O3/c2*11-5-4-6-2-1-3-7(9-6)10-8(12)13/h2*1-3,11H,4-5H2,(H,9,10)(H,12,13). The van der Waals surface area contributed by atoms with Crippen LogP contribution in [0.25, 0.3) is 0 Å². The molecule has 2 amide bonds. The van der Waals surface area contributed by atoms with Crippen LogP contribution >= 0.6 is 0 Å². The molecular formula is C16H20N4O6. The normalized spacial score (nSPS) is 9.62. The number of aliphatic hydroxyl groups is 2. The van der Waals surface area contributed by atoms with Gasteiger partial charge in [0.2, 0.25) is 0 Å². The average Bonchev–Trinajstić information content (AvgIpc) is 2.55. The highest BCUT2D eigenvalue weighted by Gasteiger charge is 2.00. The summed E-state index contributed by atoms with van der Waals surface area (Å²) in [6.45, 7) is 0.00699. The molecule has 2 rings (SSSR count). The first-order valence-corrected chi connectivity index (χ1v) is 7.58. The molecule has 10 nitrogen and oxygen atoms in total. The highest BCUT2D eigenvalue weighted by atomic mass is 16.4. The lowest BCUT2D eigenvalue weighted by atomic mass is 10.3. The maximum absolute atomic E-state index is 10.2. The number of carboxylic acid groups (broad SMARTS) is 2. The highest BCUT2D eigenvalue weighted by Crippen LogP contribution is 2.05. The molecule has 0 unspecified atom stereocenters. The third-order valence-electron chi connectivity index (χ3n) is 2.82. The summed E-state index contributed by atoms with van der Waals surface area (Å²) >= 11 is 0. The lowest BCUT2D eigenvalue weighted by molar-refractivity contribution is 0.208. The smallest absolute Gasteiger partial charge is 0.410 e. The Morgan fingerprint density at radius 1 is 0.769 bits per heavy atom. The number of hydrogen-bond acceptors (Lipinski definition) is 6. The van der Waals surface area contributed by atoms with Crippen LogP contribution in [0.4, 0.5) is 21.2 Å². The van der Waals surface area contributed by atoms with Crippen LogP contribution in [0.2, 0.25) is 0 Å². The molecule has 26 heavy (non-hydrogen) atoms. The van der Waals surface area contributed by atoms with Crippen LogP contribution in [0.15, 0.2) is 36.4 Å². The Bertz CT molecular complexity index is 664. The summed E-state index contributed by atoms with van der Waals surface area (Å²) in [5.41, 5.74) is 1.32. The quantitative estimate of drug-likeness (QED) is 0.448. The molecule has 2 aromatic rings. The zero-order valence-electron chi connectivity index (χ0n) is 13.8. The van der Waals surface area contributed by atoms with Crippen molar-refractivity contribution < 1.29 is 30.0 Å². The van der Waals surface area contributed by atoms with E-state index in [9.17, 15) is 9.59 Å². The topological polar surface area (TPSA) is 165 Å². The van der Waals surface area contributed by atoms with Crippen molar-refractivity contribution in [3.05, 3.63) is 47.8 Å². The molecule has 0 radical (unpaired) electrons. The number of anilines is 2. The molecule has 0 saturated carbocycles. The molecule has 2 aromatic heterocycles. The first-order valence-electron chi connectivity index (χ1n) is 7.58. The number of aliphatic hydroxyl groups excluding tert-OH is 2. The number of carbonyl (C=O) groups is 2. The van der Waals surface area contributed by atoms with E-state index < -0.39 is 12.2 Å². The average molecular weight is 364 g/mol. The van der Waals surface area contributed by atoms with Crippen molar-refractivity contribution in [2.45, 2.75) is 12.8 Å². The van der Waals surface area contributed by atoms with Crippen LogP contribution in [-0.2, 0) is 12.8 Å². The fraction of sp³-hybridized carbons (Fsp3) is 0.250. The van der Waals surface area contributed by atoms with Crippen molar-refractivity contribution in [2.24, 2.45) is 0 Å². The Kier molecular flexibility index (Phi) is 9.07. The van der Waals surface area contributed by atoms with Gasteiger partial charge in [-0.1, -0.05) is 12.1 Å². The van der Waals surface area contributed by atoms with E-state index in [1.54, 1.807) is 36.4 Å². The van der Waals surface area contributed by atoms with Crippen LogP contribution in [0.1, 0.15) is 11.4 Å². The fourth-order valence-corrected chi connectivity index (χ4v) is 1.83. The summed E-state index contributed by atoms with van der Waals surface area (Å²) in [5, 5.41) is 38.3. The van der Waals surface area contributed by atoms with Crippen molar-refractivity contribution in [3.8, 4) is 0 Å². The number of rotatable bonds is 6. The van der Waals surface area contributed by atoms with E-state index in [0.29, 0.717) is 24.2 Å². The molecular weight excluding hydrogens is 344 g/mol. The van der Waals surface area contributed by atoms with Gasteiger partial charge in [-0.25, -0.2) is 19.6 Å². The van der Waals surface area contributed by atoms with Gasteiger partial charge in [0, 0.05) is 37.4 Å². The predicted molar refractivity (Wildman–Crippen MR) is 93.3 cm³/mol. The second-order valence-electron chi connectivity index (χ2n) is 4.84. The van der Waals surface area contributed by atoms with E-state index in [4.69, 9.17) is 20.4 Å². The van der Waals surface area contributed by atoms with E-state index in [0.717, 1.165) is 0 Å². The minimum absolute atomic E-state index is 0.00350. The third-order valence-corrected chi connectivity index (χ3v) is 2.82. The lowest BCUT2D eigenvalue weighted by Gasteiger charge is -2.01. The van der Waals surface area contributed by atoms with E-state index in [1.165, 1.54) is 0 Å². The van der Waals surface area contributed by atoms with E-state index in [1.807, 2.05) is 0 Å². The Morgan fingerprint density at radius 3 is 1.46 bits per heavy atom. The summed E-state index contributed by atoms with van der Waals surface area (Å²) in [4.78, 5) is 28.4. The van der Waals surface area contributed by atoms with Crippen LogP contribution in [-0.4, -0.2) is 55.8 Å². The van der Waals surface area contributed by atoms with Crippen molar-refractivity contribution in [1.29, 1.82) is 0 Å². The van der Waals surface area contributed by atoms with E-state index in [-0.39, 0.29) is 24.8 Å². The van der Waals surface area contributed by atoms with Gasteiger partial charge in [0.25, 0.3) is 0 Å². The first-order chi connectivity index (χ1) is 12.4. The van der Waals surface area contributed by atoms with Crippen LogP contribution in [0.3, 0.4) is 0 Å². The second kappa shape index (κ2) is 11.3. The second-order valence-corrected chi connectivity index (χ2v) is 4.84. The van der Waals surface area contributed by atoms with Crippen LogP contribution in [0, 0.1) is 0 Å². The van der Waals surface area contributed by atoms with Gasteiger partial charge in [0.1, 0.15) is 11.6 Å². The molecule has 0 atom stereocenters. The summed E-state index contributed by atoms with van der Waals surface area (Å²) < 4.78 is 0. The summed E-state index contributed by atoms with van der Waals surface area (Å²) in [6.07, 6.45) is -1.44. The zero-order valence-corrected chi connectivity index (χ0v) is 13.8. The molecule has 2 heterocycles. The minimum atomic E-state index is -1.14. The van der Waals surface area contributed by atoms with Crippen LogP contribution < -0.4 is 10.6 Å². The number of aromatic nitrogens is 2. The summed E-state index contributed by atoms with van der Waals surface area (Å²) in [6, 6.07) is 9.92. The van der Waals surface area contributed by atoms with Crippen LogP contribution in [0.5, 0.6) is 0 Å². The van der Waals surface area contributed by atoms with E-state index >= 15 is 0 Å². The molecule has 0 saturated heterocycles. The predicted octanol–water partition coefficient (Wildman–Crippen LogP) is 1.41. The van der Waals surface area contributed by atoms with Gasteiger partial charge in [-0.2, -0.15) is 0 Å². The Labute approximate surface area is 149 Å². The Morgan fingerprint density at radius 2 is 1.15 bits per heavy atom. The van der Waals surface area contributed by atoms with Gasteiger partial charge < -0.3 is 20.4 Å². The molecule has 140 valence electrons. The molecule has 0 aliphatic rings. The Hall–Kier alpha value is -3.24. The number of amides is 2. The van der Waals surface area contributed by atoms with Gasteiger partial charge >= 0.3 is 12.2 Å². The van der Waals surface area contributed by atoms with E-state index in [2.05, 4.69) is 20.6 Å². The molecule has 0 aliphatic carbocycles. The molecule has 0 fully saturated rings. The number of nitrogens with one attached hydrogen (secondary N) is 2. The monoisotopic (exact) mass is 364 g/mol. The Balaban J connectivity index is 0.000000260. The van der Waals surface area contributed by atoms with Crippen molar-refractivity contribution in [1.82, 2.24) is 9.97 Å². The van der Waals surface area contributed by atoms with Gasteiger partial charge in [-0.15, -0.1) is 0 Å². The maximum Gasteiger partial charge on any atom is 0.410 e. The maximum atomic E-state index is 10.2. The lowest BCUT2D eigenvalue weighted by Crippen LogP contribution is -2.09. The van der Waals surface area contributed by atoms with Crippen molar-refractivity contribution >= 4 is 23.8 Å². The van der Waals surface area contributed by atoms with Crippen molar-refractivity contribution in [2.75, 3.05) is 23.8 Å². The summed E-state index contributed by atoms with van der Waals surface area (Å²) in [5.74, 6) is 0.553. The SMILES string of the molecule is O=C(O)Nc1cccc(CCO)n1.O=C(O)Nc1cccc(CCO)n1. The largest absolute Gasteiger partial charge is 0.465 e. The molecule has 10 heteroatoms. The number of nitrogens with zero attached hydrogens (tertiary/aromatic N) is 2. The summed E-state index contributed by atoms with van der Waals surface area (Å²) in [7, 11) is 0.